The van der Waals surface area contributed by atoms with Gasteiger partial charge in [0.05, 0.1) is 0 Å². The highest BCUT2D eigenvalue weighted by atomic mass is 16.4. The minimum absolute atomic E-state index is 0.124. The lowest BCUT2D eigenvalue weighted by atomic mass is 9.99. The summed E-state index contributed by atoms with van der Waals surface area (Å²) in [4.78, 5) is 21.7. The van der Waals surface area contributed by atoms with Crippen molar-refractivity contribution in [2.75, 3.05) is 5.73 Å². The average Bonchev–Trinajstić information content (AvgIpc) is 2.15. The lowest BCUT2D eigenvalue weighted by Gasteiger charge is -2.08. The van der Waals surface area contributed by atoms with Crippen molar-refractivity contribution in [1.82, 2.24) is 0 Å². The number of aryl methyl sites for hydroxylation is 1. The molecule has 4 heteroatoms. The summed E-state index contributed by atoms with van der Waals surface area (Å²) in [5, 5.41) is 8.50. The van der Waals surface area contributed by atoms with Crippen LogP contribution in [0.1, 0.15) is 28.4 Å². The molecule has 0 aliphatic rings. The van der Waals surface area contributed by atoms with Crippen LogP contribution in [0.3, 0.4) is 0 Å². The second kappa shape index (κ2) is 4.61. The summed E-state index contributed by atoms with van der Waals surface area (Å²) in [7, 11) is 0. The van der Waals surface area contributed by atoms with E-state index in [4.69, 9.17) is 10.8 Å². The molecule has 0 aliphatic carbocycles. The van der Waals surface area contributed by atoms with E-state index in [1.807, 2.05) is 0 Å². The van der Waals surface area contributed by atoms with Gasteiger partial charge < -0.3 is 10.8 Å². The van der Waals surface area contributed by atoms with Gasteiger partial charge in [-0.05, 0) is 31.1 Å². The Morgan fingerprint density at radius 1 is 1.38 bits per heavy atom. The summed E-state index contributed by atoms with van der Waals surface area (Å²) in [5.41, 5.74) is 7.91. The van der Waals surface area contributed by atoms with Gasteiger partial charge in [-0.15, -0.1) is 0 Å². The van der Waals surface area contributed by atoms with Gasteiger partial charge in [0, 0.05) is 17.3 Å². The van der Waals surface area contributed by atoms with Crippen LogP contribution in [-0.4, -0.2) is 16.9 Å². The molecule has 1 aromatic carbocycles. The summed E-state index contributed by atoms with van der Waals surface area (Å²) < 4.78 is 0. The van der Waals surface area contributed by atoms with Crippen LogP contribution >= 0.6 is 0 Å². The Balaban J connectivity index is 3.29. The number of hydrogen-bond donors (Lipinski definition) is 2. The molecule has 0 amide bonds. The molecule has 0 aliphatic heterocycles. The Bertz CT molecular complexity index is 475. The van der Waals surface area contributed by atoms with Gasteiger partial charge in [0.25, 0.3) is 0 Å². The summed E-state index contributed by atoms with van der Waals surface area (Å²) in [6, 6.07) is 3.44. The van der Waals surface area contributed by atoms with E-state index in [2.05, 4.69) is 0 Å². The molecule has 0 aromatic heterocycles. The number of benzene rings is 1. The highest BCUT2D eigenvalue weighted by molar-refractivity contribution is 6.02. The first-order valence-electron chi connectivity index (χ1n) is 4.74. The molecule has 0 spiro atoms. The Morgan fingerprint density at radius 3 is 2.50 bits per heavy atom. The van der Waals surface area contributed by atoms with Gasteiger partial charge in [-0.2, -0.15) is 0 Å². The first-order chi connectivity index (χ1) is 7.43. The third kappa shape index (κ3) is 2.48. The van der Waals surface area contributed by atoms with E-state index in [1.54, 1.807) is 19.1 Å². The number of carbonyl (C=O) groups excluding carboxylic acids is 1. The topological polar surface area (TPSA) is 80.4 Å². The first kappa shape index (κ1) is 12.0. The van der Waals surface area contributed by atoms with E-state index in [9.17, 15) is 9.59 Å². The Morgan fingerprint density at radius 2 is 2.00 bits per heavy atom. The number of aliphatic carboxylic acids is 1. The molecule has 0 bridgehead atoms. The van der Waals surface area contributed by atoms with Gasteiger partial charge in [-0.25, -0.2) is 4.79 Å². The summed E-state index contributed by atoms with van der Waals surface area (Å²) in [6.45, 7) is 3.22. The predicted molar refractivity (Wildman–Crippen MR) is 62.3 cm³/mol. The third-order valence-electron chi connectivity index (χ3n) is 2.25. The zero-order chi connectivity index (χ0) is 12.3. The fraction of sp³-hybridized carbons (Fsp3) is 0.167. The van der Waals surface area contributed by atoms with Gasteiger partial charge in [0.2, 0.25) is 0 Å². The minimum Gasteiger partial charge on any atom is -0.478 e. The quantitative estimate of drug-likeness (QED) is 0.462. The van der Waals surface area contributed by atoms with Crippen LogP contribution in [-0.2, 0) is 4.79 Å². The van der Waals surface area contributed by atoms with Gasteiger partial charge >= 0.3 is 5.97 Å². The molecule has 0 unspecified atom stereocenters. The average molecular weight is 219 g/mol. The smallest absolute Gasteiger partial charge is 0.328 e. The van der Waals surface area contributed by atoms with Crippen LogP contribution < -0.4 is 5.73 Å². The van der Waals surface area contributed by atoms with E-state index in [0.717, 1.165) is 11.6 Å². The third-order valence-corrected chi connectivity index (χ3v) is 2.25. The van der Waals surface area contributed by atoms with Crippen LogP contribution in [0.25, 0.3) is 6.08 Å². The maximum Gasteiger partial charge on any atom is 0.328 e. The Labute approximate surface area is 93.4 Å². The van der Waals surface area contributed by atoms with Gasteiger partial charge in [-0.1, -0.05) is 12.1 Å². The SMILES string of the molecule is CC(=O)c1c(C)ccc(C=CC(=O)O)c1N. The molecule has 0 atom stereocenters. The van der Waals surface area contributed by atoms with Crippen molar-refractivity contribution < 1.29 is 14.7 Å². The number of ketones is 1. The lowest BCUT2D eigenvalue weighted by Crippen LogP contribution is -2.04. The Hall–Kier alpha value is -2.10. The van der Waals surface area contributed by atoms with Gasteiger partial charge in [0.15, 0.2) is 5.78 Å². The summed E-state index contributed by atoms with van der Waals surface area (Å²) >= 11 is 0. The van der Waals surface area contributed by atoms with Crippen molar-refractivity contribution in [2.45, 2.75) is 13.8 Å². The zero-order valence-corrected chi connectivity index (χ0v) is 9.15. The fourth-order valence-electron chi connectivity index (χ4n) is 1.52. The number of anilines is 1. The van der Waals surface area contributed by atoms with E-state index in [0.29, 0.717) is 16.8 Å². The summed E-state index contributed by atoms with van der Waals surface area (Å²) in [6.07, 6.45) is 2.37. The largest absolute Gasteiger partial charge is 0.478 e. The number of carboxylic acid groups (broad SMARTS) is 1. The number of Topliss-reactive ketones (excluding diaryl/α,β-unsaturated/α-hetero) is 1. The number of nitrogens with two attached hydrogens (primary N) is 1. The number of carbonyl (C=O) groups is 2. The highest BCUT2D eigenvalue weighted by Gasteiger charge is 2.10. The predicted octanol–water partition coefficient (Wildman–Crippen LogP) is 1.88. The van der Waals surface area contributed by atoms with E-state index in [-0.39, 0.29) is 5.78 Å². The van der Waals surface area contributed by atoms with Gasteiger partial charge in [0.1, 0.15) is 0 Å². The normalized spacial score (nSPS) is 10.6. The molecule has 1 rings (SSSR count). The van der Waals surface area contributed by atoms with Crippen molar-refractivity contribution in [2.24, 2.45) is 0 Å². The number of rotatable bonds is 3. The van der Waals surface area contributed by atoms with Gasteiger partial charge in [-0.3, -0.25) is 4.79 Å². The van der Waals surface area contributed by atoms with Crippen LogP contribution in [0.4, 0.5) is 5.69 Å². The van der Waals surface area contributed by atoms with E-state index >= 15 is 0 Å². The monoisotopic (exact) mass is 219 g/mol. The molecule has 0 fully saturated rings. The molecule has 0 saturated heterocycles. The van der Waals surface area contributed by atoms with E-state index in [1.165, 1.54) is 13.0 Å². The number of hydrogen-bond acceptors (Lipinski definition) is 3. The van der Waals surface area contributed by atoms with Crippen molar-refractivity contribution in [3.05, 3.63) is 34.9 Å². The van der Waals surface area contributed by atoms with Crippen LogP contribution in [0, 0.1) is 6.92 Å². The second-order valence-electron chi connectivity index (χ2n) is 3.49. The zero-order valence-electron chi connectivity index (χ0n) is 9.15. The standard InChI is InChI=1S/C12H13NO3/c1-7-3-4-9(5-6-10(15)16)12(13)11(7)8(2)14/h3-6H,13H2,1-2H3,(H,15,16). The molecular formula is C12H13NO3. The van der Waals surface area contributed by atoms with Crippen LogP contribution in [0.5, 0.6) is 0 Å². The van der Waals surface area contributed by atoms with Crippen molar-refractivity contribution in [3.63, 3.8) is 0 Å². The maximum absolute atomic E-state index is 11.4. The number of carboxylic acids is 1. The van der Waals surface area contributed by atoms with Crippen molar-refractivity contribution in [3.8, 4) is 0 Å². The molecule has 16 heavy (non-hydrogen) atoms. The molecule has 0 saturated carbocycles. The molecule has 84 valence electrons. The molecule has 0 radical (unpaired) electrons. The second-order valence-corrected chi connectivity index (χ2v) is 3.49. The molecule has 0 heterocycles. The minimum atomic E-state index is -1.05. The van der Waals surface area contributed by atoms with Crippen LogP contribution in [0.15, 0.2) is 18.2 Å². The molecule has 3 N–H and O–H groups in total. The van der Waals surface area contributed by atoms with Crippen LogP contribution in [0.2, 0.25) is 0 Å². The molecular weight excluding hydrogens is 206 g/mol. The fourth-order valence-corrected chi connectivity index (χ4v) is 1.52. The molecule has 1 aromatic rings. The van der Waals surface area contributed by atoms with E-state index < -0.39 is 5.97 Å². The maximum atomic E-state index is 11.4. The van der Waals surface area contributed by atoms with Crippen molar-refractivity contribution in [1.29, 1.82) is 0 Å². The summed E-state index contributed by atoms with van der Waals surface area (Å²) in [5.74, 6) is -1.18. The lowest BCUT2D eigenvalue weighted by molar-refractivity contribution is -0.131. The Kier molecular flexibility index (Phi) is 3.45. The molecule has 4 nitrogen and oxygen atoms in total. The number of nitrogen functional groups attached to an aromatic ring is 1. The van der Waals surface area contributed by atoms with Crippen molar-refractivity contribution >= 4 is 23.5 Å². The highest BCUT2D eigenvalue weighted by Crippen LogP contribution is 2.23. The first-order valence-corrected chi connectivity index (χ1v) is 4.74.